The van der Waals surface area contributed by atoms with Gasteiger partial charge in [-0.15, -0.1) is 17.5 Å². The highest BCUT2D eigenvalue weighted by Gasteiger charge is 2.30. The first kappa shape index (κ1) is 23.1. The predicted molar refractivity (Wildman–Crippen MR) is 121 cm³/mol. The van der Waals surface area contributed by atoms with Gasteiger partial charge in [-0.1, -0.05) is 26.0 Å². The van der Waals surface area contributed by atoms with Crippen LogP contribution in [0.15, 0.2) is 10.9 Å². The Morgan fingerprint density at radius 2 is 2.00 bits per heavy atom. The Bertz CT molecular complexity index is 1050. The van der Waals surface area contributed by atoms with Gasteiger partial charge < -0.3 is 20.9 Å². The van der Waals surface area contributed by atoms with Crippen LogP contribution in [0.3, 0.4) is 0 Å². The minimum absolute atomic E-state index is 0. The highest BCUT2D eigenvalue weighted by molar-refractivity contribution is 5.97. The Labute approximate surface area is 186 Å². The van der Waals surface area contributed by atoms with E-state index in [1.54, 1.807) is 0 Å². The van der Waals surface area contributed by atoms with E-state index in [0.717, 1.165) is 38.9 Å². The number of hydrogen-bond acceptors (Lipinski definition) is 6. The Morgan fingerprint density at radius 3 is 2.61 bits per heavy atom. The van der Waals surface area contributed by atoms with E-state index >= 15 is 0 Å². The molecule has 0 aromatic carbocycles. The number of halogens is 1. The first-order valence-electron chi connectivity index (χ1n) is 10.6. The Balaban J connectivity index is 0.00000272. The summed E-state index contributed by atoms with van der Waals surface area (Å²) in [4.78, 5) is 25.9. The number of aromatic nitrogens is 3. The molecular weight excluding hydrogens is 422 g/mol. The summed E-state index contributed by atoms with van der Waals surface area (Å²) < 4.78 is 8.11. The second kappa shape index (κ2) is 9.32. The van der Waals surface area contributed by atoms with Gasteiger partial charge in [-0.25, -0.2) is 0 Å². The molecule has 2 aromatic rings. The van der Waals surface area contributed by atoms with Crippen LogP contribution in [0.25, 0.3) is 11.7 Å². The molecule has 2 fully saturated rings. The molecule has 0 radical (unpaired) electrons. The molecule has 3 heterocycles. The van der Waals surface area contributed by atoms with Gasteiger partial charge in [0.1, 0.15) is 0 Å². The summed E-state index contributed by atoms with van der Waals surface area (Å²) in [5, 5.41) is 17.8. The Morgan fingerprint density at radius 1 is 1.32 bits per heavy atom. The fraction of sp³-hybridized carbons (Fsp3) is 0.571. The van der Waals surface area contributed by atoms with Crippen LogP contribution in [-0.2, 0) is 11.3 Å². The quantitative estimate of drug-likeness (QED) is 0.618. The van der Waals surface area contributed by atoms with Crippen molar-refractivity contribution >= 4 is 35.9 Å². The SMILES string of the molecule is CC(C)Cn1c(=O)c(C(=O)NC2CC2)c(O)n2nc(N)c(/C=C/C3CCOCC3)c12.Cl. The Hall–Kier alpha value is -2.52. The summed E-state index contributed by atoms with van der Waals surface area (Å²) in [5.74, 6) is -0.363. The smallest absolute Gasteiger partial charge is 0.270 e. The molecule has 1 saturated carbocycles. The third kappa shape index (κ3) is 4.72. The number of nitrogens with two attached hydrogens (primary N) is 1. The maximum absolute atomic E-state index is 13.3. The zero-order valence-corrected chi connectivity index (χ0v) is 18.7. The van der Waals surface area contributed by atoms with Gasteiger partial charge in [0.15, 0.2) is 17.0 Å². The van der Waals surface area contributed by atoms with Crippen LogP contribution in [0.4, 0.5) is 5.82 Å². The van der Waals surface area contributed by atoms with Crippen LogP contribution < -0.4 is 16.6 Å². The van der Waals surface area contributed by atoms with Crippen molar-refractivity contribution in [3.63, 3.8) is 0 Å². The summed E-state index contributed by atoms with van der Waals surface area (Å²) in [6.07, 6.45) is 7.53. The van der Waals surface area contributed by atoms with Crippen molar-refractivity contribution in [1.29, 1.82) is 0 Å². The number of nitrogen functional groups attached to an aromatic ring is 1. The predicted octanol–water partition coefficient (Wildman–Crippen LogP) is 2.19. The van der Waals surface area contributed by atoms with Crippen molar-refractivity contribution < 1.29 is 14.6 Å². The van der Waals surface area contributed by atoms with Crippen LogP contribution in [0.2, 0.25) is 0 Å². The van der Waals surface area contributed by atoms with E-state index in [2.05, 4.69) is 16.5 Å². The zero-order valence-electron chi connectivity index (χ0n) is 17.8. The second-order valence-electron chi connectivity index (χ2n) is 8.60. The molecule has 2 aliphatic rings. The molecule has 4 N–H and O–H groups in total. The number of anilines is 1. The van der Waals surface area contributed by atoms with Gasteiger partial charge in [0, 0.05) is 25.8 Å². The summed E-state index contributed by atoms with van der Waals surface area (Å²) in [6.45, 7) is 5.78. The average molecular weight is 452 g/mol. The summed E-state index contributed by atoms with van der Waals surface area (Å²) in [6, 6.07) is 0.0613. The molecule has 31 heavy (non-hydrogen) atoms. The van der Waals surface area contributed by atoms with Crippen LogP contribution in [0.1, 0.15) is 55.5 Å². The van der Waals surface area contributed by atoms with Crippen molar-refractivity contribution in [3.05, 3.63) is 27.6 Å². The summed E-state index contributed by atoms with van der Waals surface area (Å²) >= 11 is 0. The molecule has 0 bridgehead atoms. The van der Waals surface area contributed by atoms with Crippen molar-refractivity contribution in [2.75, 3.05) is 18.9 Å². The molecule has 0 spiro atoms. The lowest BCUT2D eigenvalue weighted by Crippen LogP contribution is -2.36. The number of ether oxygens (including phenoxy) is 1. The van der Waals surface area contributed by atoms with E-state index in [9.17, 15) is 14.7 Å². The van der Waals surface area contributed by atoms with E-state index in [4.69, 9.17) is 10.5 Å². The molecule has 1 aliphatic heterocycles. The zero-order chi connectivity index (χ0) is 21.4. The van der Waals surface area contributed by atoms with Crippen LogP contribution in [0, 0.1) is 11.8 Å². The number of amides is 1. The van der Waals surface area contributed by atoms with E-state index in [1.165, 1.54) is 9.08 Å². The van der Waals surface area contributed by atoms with Crippen molar-refractivity contribution in [2.24, 2.45) is 11.8 Å². The van der Waals surface area contributed by atoms with Crippen molar-refractivity contribution in [3.8, 4) is 5.88 Å². The highest BCUT2D eigenvalue weighted by atomic mass is 35.5. The minimum Gasteiger partial charge on any atom is -0.492 e. The maximum Gasteiger partial charge on any atom is 0.270 e. The minimum atomic E-state index is -0.576. The number of carbonyl (C=O) groups is 1. The molecule has 9 nitrogen and oxygen atoms in total. The topological polar surface area (TPSA) is 124 Å². The molecule has 0 unspecified atom stereocenters. The molecule has 170 valence electrons. The number of carbonyl (C=O) groups excluding carboxylic acids is 1. The van der Waals surface area contributed by atoms with Crippen LogP contribution >= 0.6 is 12.4 Å². The average Bonchev–Trinajstić information content (AvgIpc) is 3.45. The lowest BCUT2D eigenvalue weighted by molar-refractivity contribution is 0.0787. The van der Waals surface area contributed by atoms with Crippen molar-refractivity contribution in [2.45, 2.75) is 52.1 Å². The van der Waals surface area contributed by atoms with Crippen LogP contribution in [-0.4, -0.2) is 44.5 Å². The number of aromatic hydroxyl groups is 1. The number of nitrogens with zero attached hydrogens (tertiary/aromatic N) is 3. The largest absolute Gasteiger partial charge is 0.492 e. The van der Waals surface area contributed by atoms with Crippen molar-refractivity contribution in [1.82, 2.24) is 19.5 Å². The molecule has 1 aliphatic carbocycles. The van der Waals surface area contributed by atoms with Gasteiger partial charge in [-0.3, -0.25) is 14.2 Å². The second-order valence-corrected chi connectivity index (χ2v) is 8.60. The monoisotopic (exact) mass is 451 g/mol. The summed E-state index contributed by atoms with van der Waals surface area (Å²) in [7, 11) is 0. The fourth-order valence-corrected chi connectivity index (χ4v) is 3.80. The molecule has 0 atom stereocenters. The lowest BCUT2D eigenvalue weighted by atomic mass is 9.99. The van der Waals surface area contributed by atoms with Gasteiger partial charge >= 0.3 is 0 Å². The number of hydrogen-bond donors (Lipinski definition) is 3. The lowest BCUT2D eigenvalue weighted by Gasteiger charge is -2.18. The number of nitrogens with one attached hydrogen (secondary N) is 1. The van der Waals surface area contributed by atoms with E-state index < -0.39 is 17.3 Å². The van der Waals surface area contributed by atoms with Crippen LogP contribution in [0.5, 0.6) is 5.88 Å². The van der Waals surface area contributed by atoms with E-state index in [0.29, 0.717) is 23.7 Å². The molecule has 2 aromatic heterocycles. The maximum atomic E-state index is 13.3. The van der Waals surface area contributed by atoms with E-state index in [1.807, 2.05) is 19.9 Å². The first-order chi connectivity index (χ1) is 14.4. The molecule has 1 saturated heterocycles. The molecule has 10 heteroatoms. The highest BCUT2D eigenvalue weighted by Crippen LogP contribution is 2.27. The van der Waals surface area contributed by atoms with Gasteiger partial charge in [-0.05, 0) is 37.5 Å². The van der Waals surface area contributed by atoms with E-state index in [-0.39, 0.29) is 35.7 Å². The third-order valence-corrected chi connectivity index (χ3v) is 5.55. The van der Waals surface area contributed by atoms with Gasteiger partial charge in [0.25, 0.3) is 11.5 Å². The summed E-state index contributed by atoms with van der Waals surface area (Å²) in [5.41, 5.74) is 6.31. The standard InChI is InChI=1S/C21H29N5O4.ClH/c1-12(2)11-25-19-15(6-3-13-7-9-30-10-8-13)17(22)24-26(19)21(29)16(20(25)28)18(27)23-14-4-5-14;/h3,6,12-14,29H,4-5,7-11H2,1-2H3,(H2,22,24)(H,23,27);1H/b6-3+;. The molecule has 1 amide bonds. The third-order valence-electron chi connectivity index (χ3n) is 5.55. The molecule has 4 rings (SSSR count). The number of rotatable bonds is 6. The van der Waals surface area contributed by atoms with Gasteiger partial charge in [0.2, 0.25) is 5.88 Å². The first-order valence-corrected chi connectivity index (χ1v) is 10.6. The number of allylic oxidation sites excluding steroid dienone is 1. The molecular formula is C21H30ClN5O4. The van der Waals surface area contributed by atoms with Gasteiger partial charge in [-0.2, -0.15) is 4.52 Å². The fourth-order valence-electron chi connectivity index (χ4n) is 3.80. The Kier molecular flexibility index (Phi) is 6.96. The van der Waals surface area contributed by atoms with Gasteiger partial charge in [0.05, 0.1) is 5.56 Å². The number of fused-ring (bicyclic) bond motifs is 1. The normalized spacial score (nSPS) is 17.4.